The van der Waals surface area contributed by atoms with Gasteiger partial charge in [-0.25, -0.2) is 0 Å². The summed E-state index contributed by atoms with van der Waals surface area (Å²) in [7, 11) is 2.41. The first-order valence-electron chi connectivity index (χ1n) is 10.7. The van der Waals surface area contributed by atoms with Gasteiger partial charge in [0.2, 0.25) is 0 Å². The minimum atomic E-state index is 0.967. The molecule has 23 heavy (non-hydrogen) atoms. The second kappa shape index (κ2) is 14.3. The predicted molar refractivity (Wildman–Crippen MR) is 102 cm³/mol. The summed E-state index contributed by atoms with van der Waals surface area (Å²) in [5.74, 6) is 0. The van der Waals surface area contributed by atoms with Crippen LogP contribution in [0.1, 0.15) is 96.8 Å². The topological polar surface area (TPSA) is 9.23 Å². The van der Waals surface area contributed by atoms with E-state index in [0.29, 0.717) is 0 Å². The first kappa shape index (κ1) is 21.0. The molecule has 1 heterocycles. The number of hydrogen-bond donors (Lipinski definition) is 0. The van der Waals surface area contributed by atoms with E-state index in [1.165, 1.54) is 114 Å². The number of quaternary nitrogens is 1. The lowest BCUT2D eigenvalue weighted by Crippen LogP contribution is -2.52. The number of ether oxygens (including phenoxy) is 1. The summed E-state index contributed by atoms with van der Waals surface area (Å²) in [5.41, 5.74) is 0. The second-order valence-electron chi connectivity index (χ2n) is 8.00. The number of morpholine rings is 1. The standard InChI is InChI=1S/C21H44NO/c1-3-4-5-6-7-8-9-10-11-12-13-14-15-16-17-22(2)18-20-23-21-19-22/h3-21H2,1-2H3/q+1. The molecule has 0 aliphatic carbocycles. The van der Waals surface area contributed by atoms with Crippen LogP contribution in [-0.4, -0.2) is 44.4 Å². The van der Waals surface area contributed by atoms with Gasteiger partial charge in [0.25, 0.3) is 0 Å². The van der Waals surface area contributed by atoms with Crippen molar-refractivity contribution in [2.24, 2.45) is 0 Å². The van der Waals surface area contributed by atoms with Crippen LogP contribution in [-0.2, 0) is 4.74 Å². The third-order valence-corrected chi connectivity index (χ3v) is 5.60. The SMILES string of the molecule is CCCCCCCCCCCCCCCC[N+]1(C)CCOCC1. The van der Waals surface area contributed by atoms with Crippen LogP contribution >= 0.6 is 0 Å². The van der Waals surface area contributed by atoms with Crippen LogP contribution < -0.4 is 0 Å². The van der Waals surface area contributed by atoms with Crippen molar-refractivity contribution >= 4 is 0 Å². The largest absolute Gasteiger partial charge is 0.370 e. The van der Waals surface area contributed by atoms with Crippen LogP contribution in [0.5, 0.6) is 0 Å². The summed E-state index contributed by atoms with van der Waals surface area (Å²) in [6, 6.07) is 0. The Bertz CT molecular complexity index is 248. The van der Waals surface area contributed by atoms with E-state index in [2.05, 4.69) is 14.0 Å². The molecule has 0 N–H and O–H groups in total. The number of unbranched alkanes of at least 4 members (excludes halogenated alkanes) is 13. The van der Waals surface area contributed by atoms with Crippen LogP contribution in [0.3, 0.4) is 0 Å². The molecule has 0 bridgehead atoms. The fourth-order valence-corrected chi connectivity index (χ4v) is 3.70. The maximum atomic E-state index is 5.47. The van der Waals surface area contributed by atoms with Crippen molar-refractivity contribution in [2.75, 3.05) is 39.9 Å². The quantitative estimate of drug-likeness (QED) is 0.267. The molecule has 2 nitrogen and oxygen atoms in total. The Morgan fingerprint density at radius 2 is 1.00 bits per heavy atom. The van der Waals surface area contributed by atoms with Crippen molar-refractivity contribution in [3.05, 3.63) is 0 Å². The highest BCUT2D eigenvalue weighted by atomic mass is 16.5. The fraction of sp³-hybridized carbons (Fsp3) is 1.00. The highest BCUT2D eigenvalue weighted by Gasteiger charge is 2.23. The Labute approximate surface area is 146 Å². The highest BCUT2D eigenvalue weighted by molar-refractivity contribution is 4.51. The minimum Gasteiger partial charge on any atom is -0.370 e. The first-order chi connectivity index (χ1) is 11.3. The molecule has 1 aliphatic rings. The van der Waals surface area contributed by atoms with Gasteiger partial charge in [-0.2, -0.15) is 0 Å². The zero-order chi connectivity index (χ0) is 16.6. The summed E-state index contributed by atoms with van der Waals surface area (Å²) in [4.78, 5) is 0. The normalized spacial score (nSPS) is 17.5. The molecule has 2 heteroatoms. The molecule has 1 aliphatic heterocycles. The molecule has 1 rings (SSSR count). The summed E-state index contributed by atoms with van der Waals surface area (Å²) in [5, 5.41) is 0. The molecule has 138 valence electrons. The maximum absolute atomic E-state index is 5.47. The Balaban J connectivity index is 1.74. The maximum Gasteiger partial charge on any atom is 0.102 e. The number of nitrogens with zero attached hydrogens (tertiary/aromatic N) is 1. The molecular formula is C21H44NO+. The average molecular weight is 327 g/mol. The molecule has 0 radical (unpaired) electrons. The average Bonchev–Trinajstić information content (AvgIpc) is 2.56. The number of likely N-dealkylation sites (N-methyl/N-ethyl adjacent to an activating group) is 1. The van der Waals surface area contributed by atoms with E-state index in [0.717, 1.165) is 13.2 Å². The van der Waals surface area contributed by atoms with Crippen molar-refractivity contribution in [1.82, 2.24) is 0 Å². The molecule has 1 saturated heterocycles. The van der Waals surface area contributed by atoms with Crippen molar-refractivity contribution in [1.29, 1.82) is 0 Å². The fourth-order valence-electron chi connectivity index (χ4n) is 3.70. The number of hydrogen-bond acceptors (Lipinski definition) is 1. The monoisotopic (exact) mass is 326 g/mol. The van der Waals surface area contributed by atoms with E-state index >= 15 is 0 Å². The van der Waals surface area contributed by atoms with Crippen LogP contribution in [0.2, 0.25) is 0 Å². The lowest BCUT2D eigenvalue weighted by molar-refractivity contribution is -0.917. The lowest BCUT2D eigenvalue weighted by atomic mass is 10.0. The Hall–Kier alpha value is -0.0800. The predicted octanol–water partition coefficient (Wildman–Crippen LogP) is 5.94. The van der Waals surface area contributed by atoms with Crippen LogP contribution in [0.15, 0.2) is 0 Å². The van der Waals surface area contributed by atoms with Crippen molar-refractivity contribution < 1.29 is 9.22 Å². The molecule has 0 unspecified atom stereocenters. The third kappa shape index (κ3) is 12.0. The summed E-state index contributed by atoms with van der Waals surface area (Å²) in [6.45, 7) is 8.03. The Morgan fingerprint density at radius 1 is 0.609 bits per heavy atom. The minimum absolute atomic E-state index is 0.967. The Morgan fingerprint density at radius 3 is 1.43 bits per heavy atom. The van der Waals surface area contributed by atoms with E-state index < -0.39 is 0 Å². The zero-order valence-electron chi connectivity index (χ0n) is 16.3. The number of rotatable bonds is 15. The molecule has 0 atom stereocenters. The first-order valence-corrected chi connectivity index (χ1v) is 10.7. The van der Waals surface area contributed by atoms with E-state index in [1.54, 1.807) is 0 Å². The summed E-state index contributed by atoms with van der Waals surface area (Å²) < 4.78 is 6.72. The van der Waals surface area contributed by atoms with Gasteiger partial charge in [-0.15, -0.1) is 0 Å². The van der Waals surface area contributed by atoms with Crippen LogP contribution in [0, 0.1) is 0 Å². The zero-order valence-corrected chi connectivity index (χ0v) is 16.3. The van der Waals surface area contributed by atoms with Crippen molar-refractivity contribution in [3.63, 3.8) is 0 Å². The van der Waals surface area contributed by atoms with Crippen molar-refractivity contribution in [2.45, 2.75) is 96.8 Å². The molecule has 1 fully saturated rings. The van der Waals surface area contributed by atoms with Gasteiger partial charge in [0.1, 0.15) is 13.1 Å². The summed E-state index contributed by atoms with van der Waals surface area (Å²) in [6.07, 6.45) is 20.3. The van der Waals surface area contributed by atoms with Gasteiger partial charge < -0.3 is 9.22 Å². The summed E-state index contributed by atoms with van der Waals surface area (Å²) >= 11 is 0. The van der Waals surface area contributed by atoms with Gasteiger partial charge in [0.05, 0.1) is 26.8 Å². The lowest BCUT2D eigenvalue weighted by Gasteiger charge is -2.37. The molecular weight excluding hydrogens is 282 g/mol. The van der Waals surface area contributed by atoms with Gasteiger partial charge in [-0.3, -0.25) is 0 Å². The molecule has 0 saturated carbocycles. The van der Waals surface area contributed by atoms with E-state index in [4.69, 9.17) is 4.74 Å². The Kier molecular flexibility index (Phi) is 13.0. The van der Waals surface area contributed by atoms with Gasteiger partial charge in [-0.05, 0) is 12.8 Å². The van der Waals surface area contributed by atoms with Gasteiger partial charge in [0.15, 0.2) is 0 Å². The van der Waals surface area contributed by atoms with Crippen LogP contribution in [0.25, 0.3) is 0 Å². The van der Waals surface area contributed by atoms with Gasteiger partial charge in [0, 0.05) is 0 Å². The molecule has 0 aromatic rings. The van der Waals surface area contributed by atoms with Gasteiger partial charge >= 0.3 is 0 Å². The highest BCUT2D eigenvalue weighted by Crippen LogP contribution is 2.14. The third-order valence-electron chi connectivity index (χ3n) is 5.60. The smallest absolute Gasteiger partial charge is 0.102 e. The van der Waals surface area contributed by atoms with E-state index in [-0.39, 0.29) is 0 Å². The van der Waals surface area contributed by atoms with E-state index in [9.17, 15) is 0 Å². The van der Waals surface area contributed by atoms with Crippen LogP contribution in [0.4, 0.5) is 0 Å². The molecule has 0 aromatic heterocycles. The van der Waals surface area contributed by atoms with Gasteiger partial charge in [-0.1, -0.05) is 84.0 Å². The van der Waals surface area contributed by atoms with E-state index in [1.807, 2.05) is 0 Å². The second-order valence-corrected chi connectivity index (χ2v) is 8.00. The molecule has 0 amide bonds. The molecule has 0 aromatic carbocycles. The molecule has 0 spiro atoms. The van der Waals surface area contributed by atoms with Crippen molar-refractivity contribution in [3.8, 4) is 0 Å².